The van der Waals surface area contributed by atoms with Crippen molar-refractivity contribution in [2.75, 3.05) is 39.3 Å². The Balaban J connectivity index is 2.67. The van der Waals surface area contributed by atoms with Crippen LogP contribution in [0.1, 0.15) is 131 Å². The maximum absolute atomic E-state index is 14.5. The first-order chi connectivity index (χ1) is 41.3. The van der Waals surface area contributed by atoms with Gasteiger partial charge >= 0.3 is 5.97 Å². The number of carbonyl (C=O) groups is 12. The highest BCUT2D eigenvalue weighted by molar-refractivity contribution is 5.99. The van der Waals surface area contributed by atoms with E-state index < -0.39 is 157 Å². The van der Waals surface area contributed by atoms with Crippen LogP contribution in [0, 0.1) is 5.92 Å². The summed E-state index contributed by atoms with van der Waals surface area (Å²) in [7, 11) is 0. The molecule has 1 aromatic rings. The van der Waals surface area contributed by atoms with Crippen LogP contribution in [0.15, 0.2) is 30.3 Å². The lowest BCUT2D eigenvalue weighted by Gasteiger charge is -2.29. The van der Waals surface area contributed by atoms with Crippen molar-refractivity contribution in [3.8, 4) is 0 Å². The number of hydrogen-bond donors (Lipinski definition) is 17. The molecule has 1 aliphatic rings. The molecule has 1 heterocycles. The number of esters is 1. The van der Waals surface area contributed by atoms with Gasteiger partial charge in [-0.05, 0) is 103 Å². The van der Waals surface area contributed by atoms with E-state index in [9.17, 15) is 62.6 Å². The van der Waals surface area contributed by atoms with E-state index in [0.717, 1.165) is 25.7 Å². The molecule has 22 N–H and O–H groups in total. The van der Waals surface area contributed by atoms with Gasteiger partial charge in [-0.3, -0.25) is 52.7 Å². The topological polar surface area (TPSA) is 497 Å². The predicted molar refractivity (Wildman–Crippen MR) is 321 cm³/mol. The van der Waals surface area contributed by atoms with Gasteiger partial charge in [-0.1, -0.05) is 76.8 Å². The molecule has 0 bridgehead atoms. The number of benzene rings is 1. The van der Waals surface area contributed by atoms with Crippen molar-refractivity contribution in [1.82, 2.24) is 58.5 Å². The smallest absolute Gasteiger partial charge is 0.329 e. The van der Waals surface area contributed by atoms with Gasteiger partial charge in [0, 0.05) is 32.9 Å². The minimum Gasteiger partial charge on any atom is -0.459 e. The molecule has 87 heavy (non-hydrogen) atoms. The Hall–Kier alpha value is -7.38. The highest BCUT2D eigenvalue weighted by Crippen LogP contribution is 2.13. The Kier molecular flexibility index (Phi) is 35.6. The van der Waals surface area contributed by atoms with Gasteiger partial charge in [-0.15, -0.1) is 0 Å². The highest BCUT2D eigenvalue weighted by Gasteiger charge is 2.37. The third-order valence-corrected chi connectivity index (χ3v) is 14.1. The third kappa shape index (κ3) is 28.3. The van der Waals surface area contributed by atoms with Gasteiger partial charge in [0.2, 0.25) is 65.0 Å². The molecule has 11 amide bonds. The molecule has 1 saturated heterocycles. The van der Waals surface area contributed by atoms with Crippen LogP contribution in [0.25, 0.3) is 0 Å². The molecule has 30 heteroatoms. The number of nitrogens with two attached hydrogens (primary N) is 5. The van der Waals surface area contributed by atoms with Crippen LogP contribution in [0.4, 0.5) is 0 Å². The molecule has 12 atom stereocenters. The lowest BCUT2D eigenvalue weighted by Crippen LogP contribution is -2.62. The molecule has 490 valence electrons. The Labute approximate surface area is 509 Å². The van der Waals surface area contributed by atoms with Crippen LogP contribution < -0.4 is 87.2 Å². The summed E-state index contributed by atoms with van der Waals surface area (Å²) in [4.78, 5) is 166. The van der Waals surface area contributed by atoms with Crippen molar-refractivity contribution in [2.24, 2.45) is 34.6 Å². The fraction of sp³-hybridized carbons (Fsp3) is 0.684. The molecule has 2 unspecified atom stereocenters. The average molecular weight is 1230 g/mol. The number of amides is 11. The van der Waals surface area contributed by atoms with Gasteiger partial charge in [0.05, 0.1) is 6.10 Å². The van der Waals surface area contributed by atoms with Gasteiger partial charge in [0.1, 0.15) is 66.5 Å². The number of unbranched alkanes of at least 4 members (excludes halogenated alkanes) is 4. The van der Waals surface area contributed by atoms with E-state index in [1.165, 1.54) is 20.8 Å². The van der Waals surface area contributed by atoms with Crippen molar-refractivity contribution >= 4 is 70.9 Å². The molecule has 0 saturated carbocycles. The summed E-state index contributed by atoms with van der Waals surface area (Å²) in [5, 5.41) is 39.0. The number of nitrogens with one attached hydrogen (secondary N) is 11. The van der Waals surface area contributed by atoms with Crippen LogP contribution >= 0.6 is 0 Å². The summed E-state index contributed by atoms with van der Waals surface area (Å²) in [5.74, 6) is -10.5. The summed E-state index contributed by atoms with van der Waals surface area (Å²) in [6, 6.07) is -6.31. The number of carbonyl (C=O) groups excluding carboxylic acids is 12. The number of rotatable bonds is 29. The Morgan fingerprint density at radius 2 is 1.18 bits per heavy atom. The zero-order valence-corrected chi connectivity index (χ0v) is 51.2. The van der Waals surface area contributed by atoms with E-state index in [-0.39, 0.29) is 90.0 Å². The predicted octanol–water partition coefficient (Wildman–Crippen LogP) is -4.92. The second-order valence-electron chi connectivity index (χ2n) is 22.1. The Morgan fingerprint density at radius 3 is 1.77 bits per heavy atom. The third-order valence-electron chi connectivity index (χ3n) is 14.1. The number of ether oxygens (including phenoxy) is 1. The first-order valence-corrected chi connectivity index (χ1v) is 30.0. The normalized spacial score (nSPS) is 22.8. The van der Waals surface area contributed by atoms with E-state index in [4.69, 9.17) is 33.4 Å². The minimum absolute atomic E-state index is 0.0138. The van der Waals surface area contributed by atoms with E-state index in [1.807, 2.05) is 0 Å². The first kappa shape index (κ1) is 75.7. The summed E-state index contributed by atoms with van der Waals surface area (Å²) in [5.41, 5.74) is 30.3. The van der Waals surface area contributed by atoms with Crippen molar-refractivity contribution in [3.63, 3.8) is 0 Å². The zero-order valence-electron chi connectivity index (χ0n) is 51.2. The monoisotopic (exact) mass is 1230 g/mol. The van der Waals surface area contributed by atoms with Gasteiger partial charge in [-0.2, -0.15) is 0 Å². The fourth-order valence-corrected chi connectivity index (χ4v) is 9.13. The molecule has 30 nitrogen and oxygen atoms in total. The molecule has 1 fully saturated rings. The number of hydrogen-bond acceptors (Lipinski definition) is 19. The Morgan fingerprint density at radius 1 is 0.644 bits per heavy atom. The molecule has 2 rings (SSSR count). The van der Waals surface area contributed by atoms with E-state index in [0.29, 0.717) is 12.0 Å². The fourth-order valence-electron chi connectivity index (χ4n) is 9.13. The van der Waals surface area contributed by atoms with Gasteiger partial charge in [0.25, 0.3) is 0 Å². The molecule has 0 spiro atoms. The van der Waals surface area contributed by atoms with Crippen molar-refractivity contribution < 1.29 is 67.4 Å². The van der Waals surface area contributed by atoms with Crippen molar-refractivity contribution in [3.05, 3.63) is 35.9 Å². The van der Waals surface area contributed by atoms with Crippen LogP contribution in [0.5, 0.6) is 0 Å². The molecular weight excluding hydrogens is 1130 g/mol. The van der Waals surface area contributed by atoms with E-state index in [1.54, 1.807) is 44.2 Å². The van der Waals surface area contributed by atoms with E-state index in [2.05, 4.69) is 65.4 Å². The molecule has 1 aromatic carbocycles. The molecule has 1 aliphatic heterocycles. The van der Waals surface area contributed by atoms with Gasteiger partial charge < -0.3 is 97.0 Å². The van der Waals surface area contributed by atoms with E-state index >= 15 is 0 Å². The lowest BCUT2D eigenvalue weighted by molar-refractivity contribution is -0.154. The van der Waals surface area contributed by atoms with Crippen LogP contribution in [-0.4, -0.2) is 188 Å². The Bertz CT molecular complexity index is 2400. The van der Waals surface area contributed by atoms with Gasteiger partial charge in [0.15, 0.2) is 0 Å². The molecular formula is C57H98N16O14. The maximum Gasteiger partial charge on any atom is 0.329 e. The van der Waals surface area contributed by atoms with Crippen LogP contribution in [0.3, 0.4) is 0 Å². The largest absolute Gasteiger partial charge is 0.459 e. The SMILES string of the molecule is CCCCCCCC(=O)N[C@@H](CCN)C(=O)N[C@H](C(=O)N[C@@H](CCN)C(=O)NC1CCNC(=O)[C@@H](N)[C@@H](C)OC(=O)[C@H](CCN)NC(=O)[C@H](CCNC(C)=O)NC(=O)[C@H](CC(C)C)NC(=O)[C@@H](Cc2ccccc2)NC(=O)C(CCN)NC1=O)[C@@H](C)O. The summed E-state index contributed by atoms with van der Waals surface area (Å²) >= 11 is 0. The first-order valence-electron chi connectivity index (χ1n) is 30.0. The second-order valence-corrected chi connectivity index (χ2v) is 22.1. The summed E-state index contributed by atoms with van der Waals surface area (Å²) < 4.78 is 5.55. The van der Waals surface area contributed by atoms with Gasteiger partial charge in [-0.25, -0.2) is 4.79 Å². The lowest BCUT2D eigenvalue weighted by atomic mass is 10.00. The minimum atomic E-state index is -1.69. The summed E-state index contributed by atoms with van der Waals surface area (Å²) in [6.45, 7) is 8.23. The van der Waals surface area contributed by atoms with Crippen LogP contribution in [-0.2, 0) is 68.7 Å². The second kappa shape index (κ2) is 40.9. The summed E-state index contributed by atoms with van der Waals surface area (Å²) in [6.07, 6.45) is 0.125. The number of aliphatic hydroxyl groups is 1. The standard InChI is InChI=1S/C57H98N16O14/c1-7-8-9-10-14-17-45(76)65-37(18-24-58)52(81)73-47(33(4)74)56(85)69-39(20-26-60)48(77)67-41-23-29-64-55(84)46(62)34(5)87-57(86)42(21-27-61)70-51(80)40(22-28-63-35(6)75)68-53(82)43(30-32(2)3)71-54(83)44(31-36-15-12-11-13-16-36)72-49(78)38(19-25-59)66-50(41)79/h11-13,15-16,32-34,37-44,46-47,74H,7-10,14,17-31,58-62H2,1-6H3,(H,63,75)(H,64,84)(H,65,76)(H,66,79)(H,67,77)(H,68,82)(H,69,85)(H,70,80)(H,71,83)(H,72,78)(H,73,81)/t33-,34-,37+,38?,39+,40+,41?,42+,43+,44-,46+,47+/m1/s1. The number of aliphatic hydroxyl groups excluding tert-OH is 1. The molecule has 0 aromatic heterocycles. The maximum atomic E-state index is 14.5. The van der Waals surface area contributed by atoms with Crippen molar-refractivity contribution in [1.29, 1.82) is 0 Å². The highest BCUT2D eigenvalue weighted by atomic mass is 16.5. The number of cyclic esters (lactones) is 1. The quantitative estimate of drug-likeness (QED) is 0.0264. The molecule has 0 aliphatic carbocycles. The zero-order chi connectivity index (χ0) is 65.2. The van der Waals surface area contributed by atoms with Crippen LogP contribution in [0.2, 0.25) is 0 Å². The van der Waals surface area contributed by atoms with Crippen molar-refractivity contribution in [2.45, 2.75) is 204 Å². The molecule has 0 radical (unpaired) electrons. The average Bonchev–Trinajstić information content (AvgIpc) is 3.22.